The SMILES string of the molecule is Cc1ccc(C)c(NC(=O)Cn2c(=O)n(Cc3ccncc3)c(=O)c3ncccc32)c1. The number of rotatable bonds is 5. The van der Waals surface area contributed by atoms with Gasteiger partial charge in [0.25, 0.3) is 5.56 Å². The van der Waals surface area contributed by atoms with E-state index in [1.807, 2.05) is 32.0 Å². The normalized spacial score (nSPS) is 10.9. The molecule has 0 aliphatic rings. The Kier molecular flexibility index (Phi) is 5.44. The fourth-order valence-corrected chi connectivity index (χ4v) is 3.41. The van der Waals surface area contributed by atoms with Crippen molar-refractivity contribution < 1.29 is 4.79 Å². The highest BCUT2D eigenvalue weighted by Gasteiger charge is 2.17. The third-order valence-electron chi connectivity index (χ3n) is 5.05. The van der Waals surface area contributed by atoms with Gasteiger partial charge in [-0.15, -0.1) is 0 Å². The molecule has 3 aromatic heterocycles. The van der Waals surface area contributed by atoms with E-state index in [0.717, 1.165) is 21.3 Å². The first kappa shape index (κ1) is 20.2. The number of hydrogen-bond donors (Lipinski definition) is 1. The van der Waals surface area contributed by atoms with Crippen LogP contribution in [0.15, 0.2) is 70.6 Å². The van der Waals surface area contributed by atoms with Gasteiger partial charge in [-0.1, -0.05) is 12.1 Å². The fraction of sp³-hybridized carbons (Fsp3) is 0.174. The first-order valence-electron chi connectivity index (χ1n) is 9.78. The molecule has 8 nitrogen and oxygen atoms in total. The van der Waals surface area contributed by atoms with Crippen LogP contribution in [0.5, 0.6) is 0 Å². The summed E-state index contributed by atoms with van der Waals surface area (Å²) in [4.78, 5) is 47.1. The van der Waals surface area contributed by atoms with Crippen molar-refractivity contribution >= 4 is 22.6 Å². The van der Waals surface area contributed by atoms with E-state index in [-0.39, 0.29) is 24.5 Å². The summed E-state index contributed by atoms with van der Waals surface area (Å²) in [6, 6.07) is 12.5. The van der Waals surface area contributed by atoms with Crippen LogP contribution in [-0.2, 0) is 17.9 Å². The Balaban J connectivity index is 1.76. The Hall–Kier alpha value is -4.07. The van der Waals surface area contributed by atoms with Crippen molar-refractivity contribution in [2.45, 2.75) is 26.9 Å². The number of aromatic nitrogens is 4. The molecule has 3 heterocycles. The molecule has 1 aromatic carbocycles. The minimum Gasteiger partial charge on any atom is -0.324 e. The van der Waals surface area contributed by atoms with E-state index in [9.17, 15) is 14.4 Å². The number of hydrogen-bond acceptors (Lipinski definition) is 5. The van der Waals surface area contributed by atoms with Crippen molar-refractivity contribution in [2.75, 3.05) is 5.32 Å². The largest absolute Gasteiger partial charge is 0.332 e. The van der Waals surface area contributed by atoms with Gasteiger partial charge in [-0.25, -0.2) is 9.78 Å². The van der Waals surface area contributed by atoms with Crippen LogP contribution in [0, 0.1) is 13.8 Å². The first-order chi connectivity index (χ1) is 14.9. The number of fused-ring (bicyclic) bond motifs is 1. The average molecular weight is 415 g/mol. The van der Waals surface area contributed by atoms with Gasteiger partial charge in [0.1, 0.15) is 6.54 Å². The summed E-state index contributed by atoms with van der Waals surface area (Å²) in [6.07, 6.45) is 4.68. The zero-order valence-electron chi connectivity index (χ0n) is 17.2. The molecular weight excluding hydrogens is 394 g/mol. The van der Waals surface area contributed by atoms with Gasteiger partial charge in [-0.05, 0) is 60.9 Å². The molecule has 0 atom stereocenters. The summed E-state index contributed by atoms with van der Waals surface area (Å²) in [5, 5.41) is 2.86. The highest BCUT2D eigenvalue weighted by atomic mass is 16.2. The van der Waals surface area contributed by atoms with Crippen LogP contribution in [0.25, 0.3) is 11.0 Å². The summed E-state index contributed by atoms with van der Waals surface area (Å²) in [7, 11) is 0. The molecule has 156 valence electrons. The standard InChI is InChI=1S/C23H21N5O3/c1-15-5-6-16(2)18(12-15)26-20(29)14-27-19-4-3-9-25-21(19)22(30)28(23(27)31)13-17-7-10-24-11-8-17/h3-12H,13-14H2,1-2H3,(H,26,29). The molecule has 0 unspecified atom stereocenters. The van der Waals surface area contributed by atoms with E-state index in [4.69, 9.17) is 0 Å². The van der Waals surface area contributed by atoms with Gasteiger partial charge < -0.3 is 5.32 Å². The molecule has 31 heavy (non-hydrogen) atoms. The molecule has 1 amide bonds. The number of carbonyl (C=O) groups excluding carboxylic acids is 1. The third-order valence-corrected chi connectivity index (χ3v) is 5.05. The van der Waals surface area contributed by atoms with Crippen LogP contribution in [0.2, 0.25) is 0 Å². The van der Waals surface area contributed by atoms with Crippen LogP contribution in [0.4, 0.5) is 5.69 Å². The number of amides is 1. The van der Waals surface area contributed by atoms with E-state index < -0.39 is 11.2 Å². The third kappa shape index (κ3) is 4.13. The number of benzene rings is 1. The molecule has 0 saturated heterocycles. The number of nitrogens with zero attached hydrogens (tertiary/aromatic N) is 4. The molecule has 8 heteroatoms. The van der Waals surface area contributed by atoms with Gasteiger partial charge in [0.15, 0.2) is 5.52 Å². The van der Waals surface area contributed by atoms with Gasteiger partial charge in [0, 0.05) is 24.3 Å². The lowest BCUT2D eigenvalue weighted by Crippen LogP contribution is -2.42. The first-order valence-corrected chi connectivity index (χ1v) is 9.78. The van der Waals surface area contributed by atoms with Gasteiger partial charge in [0.2, 0.25) is 5.91 Å². The quantitative estimate of drug-likeness (QED) is 0.539. The highest BCUT2D eigenvalue weighted by molar-refractivity contribution is 5.92. The summed E-state index contributed by atoms with van der Waals surface area (Å²) >= 11 is 0. The zero-order valence-corrected chi connectivity index (χ0v) is 17.2. The number of pyridine rings is 2. The maximum Gasteiger partial charge on any atom is 0.332 e. The van der Waals surface area contributed by atoms with E-state index in [1.165, 1.54) is 10.8 Å². The molecule has 4 rings (SSSR count). The van der Waals surface area contributed by atoms with E-state index in [2.05, 4.69) is 15.3 Å². The van der Waals surface area contributed by atoms with Crippen molar-refractivity contribution in [3.8, 4) is 0 Å². The lowest BCUT2D eigenvalue weighted by molar-refractivity contribution is -0.116. The number of carbonyl (C=O) groups is 1. The zero-order chi connectivity index (χ0) is 22.0. The Labute approximate surface area is 177 Å². The summed E-state index contributed by atoms with van der Waals surface area (Å²) in [6.45, 7) is 3.65. The van der Waals surface area contributed by atoms with Gasteiger partial charge in [-0.3, -0.25) is 23.7 Å². The average Bonchev–Trinajstić information content (AvgIpc) is 2.77. The highest BCUT2D eigenvalue weighted by Crippen LogP contribution is 2.16. The van der Waals surface area contributed by atoms with Crippen molar-refractivity contribution in [3.05, 3.63) is 98.6 Å². The van der Waals surface area contributed by atoms with Crippen molar-refractivity contribution in [1.29, 1.82) is 0 Å². The fourth-order valence-electron chi connectivity index (χ4n) is 3.41. The molecule has 4 aromatic rings. The number of nitrogens with one attached hydrogen (secondary N) is 1. The molecule has 0 aliphatic carbocycles. The summed E-state index contributed by atoms with van der Waals surface area (Å²) < 4.78 is 2.38. The van der Waals surface area contributed by atoms with Crippen LogP contribution < -0.4 is 16.6 Å². The Morgan fingerprint density at radius 2 is 1.77 bits per heavy atom. The second kappa shape index (κ2) is 8.35. The molecular formula is C23H21N5O3. The minimum absolute atomic E-state index is 0.0608. The maximum atomic E-state index is 13.2. The Morgan fingerprint density at radius 1 is 1.00 bits per heavy atom. The molecule has 0 saturated carbocycles. The van der Waals surface area contributed by atoms with E-state index in [0.29, 0.717) is 11.2 Å². The van der Waals surface area contributed by atoms with Crippen LogP contribution in [0.3, 0.4) is 0 Å². The van der Waals surface area contributed by atoms with Crippen molar-refractivity contribution in [2.24, 2.45) is 0 Å². The smallest absolute Gasteiger partial charge is 0.324 e. The lowest BCUT2D eigenvalue weighted by atomic mass is 10.1. The van der Waals surface area contributed by atoms with E-state index >= 15 is 0 Å². The summed E-state index contributed by atoms with van der Waals surface area (Å²) in [5.74, 6) is -0.366. The van der Waals surface area contributed by atoms with E-state index in [1.54, 1.807) is 36.7 Å². The van der Waals surface area contributed by atoms with Crippen molar-refractivity contribution in [3.63, 3.8) is 0 Å². The topological polar surface area (TPSA) is 98.9 Å². The number of anilines is 1. The predicted molar refractivity (Wildman–Crippen MR) is 118 cm³/mol. The molecule has 0 spiro atoms. The predicted octanol–water partition coefficient (Wildman–Crippen LogP) is 2.26. The Bertz CT molecular complexity index is 1390. The van der Waals surface area contributed by atoms with Crippen LogP contribution >= 0.6 is 0 Å². The van der Waals surface area contributed by atoms with Gasteiger partial charge in [0.05, 0.1) is 12.1 Å². The van der Waals surface area contributed by atoms with Crippen molar-refractivity contribution in [1.82, 2.24) is 19.1 Å². The molecule has 0 aliphatic heterocycles. The Morgan fingerprint density at radius 3 is 2.55 bits per heavy atom. The van der Waals surface area contributed by atoms with Gasteiger partial charge >= 0.3 is 5.69 Å². The maximum absolute atomic E-state index is 13.2. The monoisotopic (exact) mass is 415 g/mol. The molecule has 0 radical (unpaired) electrons. The molecule has 0 bridgehead atoms. The number of aryl methyl sites for hydroxylation is 2. The molecule has 0 fully saturated rings. The molecule has 1 N–H and O–H groups in total. The minimum atomic E-state index is -0.571. The van der Waals surface area contributed by atoms with Gasteiger partial charge in [-0.2, -0.15) is 0 Å². The second-order valence-electron chi connectivity index (χ2n) is 7.35. The lowest BCUT2D eigenvalue weighted by Gasteiger charge is -2.14. The van der Waals surface area contributed by atoms with Crippen LogP contribution in [-0.4, -0.2) is 25.0 Å². The van der Waals surface area contributed by atoms with Crippen LogP contribution in [0.1, 0.15) is 16.7 Å². The summed E-state index contributed by atoms with van der Waals surface area (Å²) in [5.41, 5.74) is 2.75. The second-order valence-corrected chi connectivity index (χ2v) is 7.35.